The average molecular weight is 315 g/mol. The molecule has 0 atom stereocenters. The third-order valence-corrected chi connectivity index (χ3v) is 3.10. The number of fused-ring (bicyclic) bond motifs is 1. The maximum atomic E-state index is 13.0. The van der Waals surface area contributed by atoms with E-state index in [4.69, 9.17) is 9.57 Å². The number of halogens is 1. The SMILES string of the molecule is O=C(COc1cccc(F)c1)ON1C(=O)c2ccccc2C1=O. The van der Waals surface area contributed by atoms with Gasteiger partial charge in [-0.05, 0) is 24.3 Å². The third kappa shape index (κ3) is 2.89. The van der Waals surface area contributed by atoms with Crippen LogP contribution in [0.25, 0.3) is 0 Å². The van der Waals surface area contributed by atoms with Gasteiger partial charge < -0.3 is 9.57 Å². The molecule has 0 fully saturated rings. The van der Waals surface area contributed by atoms with E-state index in [-0.39, 0.29) is 16.9 Å². The molecule has 7 heteroatoms. The highest BCUT2D eigenvalue weighted by atomic mass is 19.1. The number of hydrogen-bond donors (Lipinski definition) is 0. The lowest BCUT2D eigenvalue weighted by atomic mass is 10.1. The van der Waals surface area contributed by atoms with E-state index < -0.39 is 30.2 Å². The van der Waals surface area contributed by atoms with E-state index in [9.17, 15) is 18.8 Å². The average Bonchev–Trinajstić information content (AvgIpc) is 2.79. The number of nitrogens with zero attached hydrogens (tertiary/aromatic N) is 1. The van der Waals surface area contributed by atoms with Gasteiger partial charge in [-0.2, -0.15) is 0 Å². The Kier molecular flexibility index (Phi) is 3.76. The number of benzene rings is 2. The largest absolute Gasteiger partial charge is 0.482 e. The van der Waals surface area contributed by atoms with Crippen molar-refractivity contribution in [3.8, 4) is 5.75 Å². The first-order valence-corrected chi connectivity index (χ1v) is 6.63. The van der Waals surface area contributed by atoms with Crippen LogP contribution in [0.2, 0.25) is 0 Å². The number of rotatable bonds is 4. The quantitative estimate of drug-likeness (QED) is 0.806. The van der Waals surface area contributed by atoms with Gasteiger partial charge in [-0.1, -0.05) is 23.3 Å². The van der Waals surface area contributed by atoms with Crippen molar-refractivity contribution in [2.24, 2.45) is 0 Å². The van der Waals surface area contributed by atoms with Gasteiger partial charge in [0.05, 0.1) is 11.1 Å². The second-order valence-corrected chi connectivity index (χ2v) is 4.66. The van der Waals surface area contributed by atoms with Gasteiger partial charge in [0.2, 0.25) is 0 Å². The fourth-order valence-electron chi connectivity index (χ4n) is 2.08. The van der Waals surface area contributed by atoms with Crippen molar-refractivity contribution in [3.63, 3.8) is 0 Å². The fraction of sp³-hybridized carbons (Fsp3) is 0.0625. The predicted molar refractivity (Wildman–Crippen MR) is 74.9 cm³/mol. The van der Waals surface area contributed by atoms with Crippen LogP contribution in [0.5, 0.6) is 5.75 Å². The van der Waals surface area contributed by atoms with Crippen LogP contribution in [0, 0.1) is 5.82 Å². The molecule has 1 heterocycles. The molecule has 116 valence electrons. The van der Waals surface area contributed by atoms with Crippen LogP contribution in [0.3, 0.4) is 0 Å². The van der Waals surface area contributed by atoms with Gasteiger partial charge in [-0.15, -0.1) is 0 Å². The minimum absolute atomic E-state index is 0.129. The Hall–Kier alpha value is -3.22. The number of ether oxygens (including phenoxy) is 1. The van der Waals surface area contributed by atoms with Crippen LogP contribution in [0.4, 0.5) is 4.39 Å². The van der Waals surface area contributed by atoms with E-state index in [0.717, 1.165) is 6.07 Å². The second-order valence-electron chi connectivity index (χ2n) is 4.66. The first kappa shape index (κ1) is 14.7. The Bertz CT molecular complexity index is 770. The normalized spacial score (nSPS) is 13.0. The van der Waals surface area contributed by atoms with E-state index >= 15 is 0 Å². The summed E-state index contributed by atoms with van der Waals surface area (Å²) in [5, 5.41) is 0.391. The molecule has 0 spiro atoms. The van der Waals surface area contributed by atoms with Crippen LogP contribution < -0.4 is 4.74 Å². The van der Waals surface area contributed by atoms with E-state index in [1.165, 1.54) is 30.3 Å². The summed E-state index contributed by atoms with van der Waals surface area (Å²) < 4.78 is 18.0. The summed E-state index contributed by atoms with van der Waals surface area (Å²) in [6, 6.07) is 11.3. The summed E-state index contributed by atoms with van der Waals surface area (Å²) in [6.45, 7) is -0.573. The van der Waals surface area contributed by atoms with Crippen molar-refractivity contribution in [2.45, 2.75) is 0 Å². The maximum Gasteiger partial charge on any atom is 0.370 e. The molecule has 2 aromatic carbocycles. The molecule has 0 aromatic heterocycles. The lowest BCUT2D eigenvalue weighted by Gasteiger charge is -2.13. The Morgan fingerprint density at radius 2 is 1.65 bits per heavy atom. The summed E-state index contributed by atoms with van der Waals surface area (Å²) >= 11 is 0. The zero-order valence-corrected chi connectivity index (χ0v) is 11.7. The number of amides is 2. The molecular formula is C16H10FNO5. The van der Waals surface area contributed by atoms with Gasteiger partial charge in [0.1, 0.15) is 11.6 Å². The molecule has 6 nitrogen and oxygen atoms in total. The van der Waals surface area contributed by atoms with Gasteiger partial charge in [0.15, 0.2) is 6.61 Å². The smallest absolute Gasteiger partial charge is 0.370 e. The summed E-state index contributed by atoms with van der Waals surface area (Å²) in [6.07, 6.45) is 0. The number of carbonyl (C=O) groups excluding carboxylic acids is 3. The lowest BCUT2D eigenvalue weighted by molar-refractivity contribution is -0.170. The molecule has 23 heavy (non-hydrogen) atoms. The van der Waals surface area contributed by atoms with Gasteiger partial charge >= 0.3 is 5.97 Å². The molecule has 0 radical (unpaired) electrons. The molecule has 0 unspecified atom stereocenters. The van der Waals surface area contributed by atoms with Crippen LogP contribution in [0.1, 0.15) is 20.7 Å². The zero-order chi connectivity index (χ0) is 16.4. The van der Waals surface area contributed by atoms with Gasteiger partial charge in [0, 0.05) is 6.07 Å². The molecule has 0 saturated carbocycles. The number of carbonyl (C=O) groups is 3. The second kappa shape index (κ2) is 5.88. The van der Waals surface area contributed by atoms with E-state index in [1.807, 2.05) is 0 Å². The van der Waals surface area contributed by atoms with Crippen LogP contribution in [-0.2, 0) is 9.63 Å². The Labute approximate surface area is 130 Å². The lowest BCUT2D eigenvalue weighted by Crippen LogP contribution is -2.34. The topological polar surface area (TPSA) is 72.9 Å². The van der Waals surface area contributed by atoms with Gasteiger partial charge in [-0.3, -0.25) is 9.59 Å². The van der Waals surface area contributed by atoms with Gasteiger partial charge in [-0.25, -0.2) is 9.18 Å². The first-order valence-electron chi connectivity index (χ1n) is 6.63. The van der Waals surface area contributed by atoms with E-state index in [2.05, 4.69) is 0 Å². The number of hydrogen-bond acceptors (Lipinski definition) is 5. The third-order valence-electron chi connectivity index (χ3n) is 3.10. The Morgan fingerprint density at radius 3 is 2.26 bits per heavy atom. The summed E-state index contributed by atoms with van der Waals surface area (Å²) in [5.41, 5.74) is 0.327. The summed E-state index contributed by atoms with van der Waals surface area (Å²) in [4.78, 5) is 40.5. The number of hydroxylamine groups is 2. The standard InChI is InChI=1S/C16H10FNO5/c17-10-4-3-5-11(8-10)22-9-14(19)23-18-15(20)12-6-1-2-7-13(12)16(18)21/h1-8H,9H2. The van der Waals surface area contributed by atoms with Crippen molar-refractivity contribution >= 4 is 17.8 Å². The molecular weight excluding hydrogens is 305 g/mol. The minimum Gasteiger partial charge on any atom is -0.482 e. The molecule has 1 aliphatic heterocycles. The van der Waals surface area contributed by atoms with Crippen molar-refractivity contribution in [1.29, 1.82) is 0 Å². The predicted octanol–water partition coefficient (Wildman–Crippen LogP) is 1.96. The molecule has 2 amide bonds. The van der Waals surface area contributed by atoms with Crippen molar-refractivity contribution in [1.82, 2.24) is 5.06 Å². The summed E-state index contributed by atoms with van der Waals surface area (Å²) in [5.74, 6) is -2.78. The molecule has 0 aliphatic carbocycles. The molecule has 0 bridgehead atoms. The first-order chi connectivity index (χ1) is 11.1. The minimum atomic E-state index is -0.955. The molecule has 0 N–H and O–H groups in total. The Balaban J connectivity index is 1.63. The fourth-order valence-corrected chi connectivity index (χ4v) is 2.08. The van der Waals surface area contributed by atoms with E-state index in [0.29, 0.717) is 5.06 Å². The zero-order valence-electron chi connectivity index (χ0n) is 11.7. The molecule has 2 aromatic rings. The van der Waals surface area contributed by atoms with Crippen LogP contribution in [0.15, 0.2) is 48.5 Å². The highest BCUT2D eigenvalue weighted by molar-refractivity contribution is 6.20. The van der Waals surface area contributed by atoms with Crippen LogP contribution in [-0.4, -0.2) is 29.5 Å². The number of imide groups is 1. The van der Waals surface area contributed by atoms with Crippen molar-refractivity contribution < 1.29 is 28.3 Å². The monoisotopic (exact) mass is 315 g/mol. The maximum absolute atomic E-state index is 13.0. The molecule has 0 saturated heterocycles. The summed E-state index contributed by atoms with van der Waals surface area (Å²) in [7, 11) is 0. The van der Waals surface area contributed by atoms with E-state index in [1.54, 1.807) is 12.1 Å². The molecule has 1 aliphatic rings. The van der Waals surface area contributed by atoms with Crippen LogP contribution >= 0.6 is 0 Å². The van der Waals surface area contributed by atoms with Crippen molar-refractivity contribution in [3.05, 3.63) is 65.5 Å². The van der Waals surface area contributed by atoms with Gasteiger partial charge in [0.25, 0.3) is 11.8 Å². The Morgan fingerprint density at radius 1 is 1.00 bits per heavy atom. The highest BCUT2D eigenvalue weighted by Gasteiger charge is 2.38. The molecule has 3 rings (SSSR count). The highest BCUT2D eigenvalue weighted by Crippen LogP contribution is 2.22. The van der Waals surface area contributed by atoms with Crippen molar-refractivity contribution in [2.75, 3.05) is 6.61 Å².